The predicted molar refractivity (Wildman–Crippen MR) is 53.3 cm³/mol. The van der Waals surface area contributed by atoms with Crippen molar-refractivity contribution in [2.75, 3.05) is 0 Å². The molecule has 0 aromatic carbocycles. The fraction of sp³-hybridized carbons (Fsp3) is 0.700. The molecule has 84 valence electrons. The second-order valence-corrected chi connectivity index (χ2v) is 4.17. The van der Waals surface area contributed by atoms with Crippen LogP contribution in [0.3, 0.4) is 0 Å². The molecule has 0 saturated carbocycles. The summed E-state index contributed by atoms with van der Waals surface area (Å²) >= 11 is 0. The van der Waals surface area contributed by atoms with Crippen molar-refractivity contribution < 1.29 is 14.5 Å². The van der Waals surface area contributed by atoms with Gasteiger partial charge in [0, 0.05) is 6.42 Å². The zero-order valence-electron chi connectivity index (χ0n) is 9.23. The number of hydrogen-bond donors (Lipinski definition) is 1. The van der Waals surface area contributed by atoms with Gasteiger partial charge < -0.3 is 5.11 Å². The number of nitrogens with zero attached hydrogens (tertiary/aromatic N) is 2. The standard InChI is InChI=1S/C10H16N2O3/c1-6(2)4-8(10(13)14)5-9-7(3)11-15-12-9/h6,8H,4-5H2,1-3H3,(H,13,14). The monoisotopic (exact) mass is 212 g/mol. The molecule has 0 amide bonds. The fourth-order valence-electron chi connectivity index (χ4n) is 1.51. The summed E-state index contributed by atoms with van der Waals surface area (Å²) in [5.74, 6) is -0.840. The highest BCUT2D eigenvalue weighted by Gasteiger charge is 2.22. The first-order valence-corrected chi connectivity index (χ1v) is 5.01. The number of hydrogen-bond acceptors (Lipinski definition) is 4. The molecular formula is C10H16N2O3. The lowest BCUT2D eigenvalue weighted by Gasteiger charge is -2.12. The zero-order chi connectivity index (χ0) is 11.4. The molecule has 0 fully saturated rings. The summed E-state index contributed by atoms with van der Waals surface area (Å²) in [5, 5.41) is 16.4. The summed E-state index contributed by atoms with van der Waals surface area (Å²) < 4.78 is 4.54. The van der Waals surface area contributed by atoms with Crippen LogP contribution in [0, 0.1) is 18.8 Å². The summed E-state index contributed by atoms with van der Waals surface area (Å²) in [7, 11) is 0. The van der Waals surface area contributed by atoms with Crippen LogP contribution in [0.1, 0.15) is 31.7 Å². The van der Waals surface area contributed by atoms with Crippen molar-refractivity contribution >= 4 is 5.97 Å². The van der Waals surface area contributed by atoms with Gasteiger partial charge in [-0.2, -0.15) is 0 Å². The predicted octanol–water partition coefficient (Wildman–Crippen LogP) is 1.67. The van der Waals surface area contributed by atoms with E-state index in [0.29, 0.717) is 30.1 Å². The van der Waals surface area contributed by atoms with E-state index in [2.05, 4.69) is 14.9 Å². The van der Waals surface area contributed by atoms with Gasteiger partial charge in [0.25, 0.3) is 0 Å². The molecule has 0 aliphatic heterocycles. The summed E-state index contributed by atoms with van der Waals surface area (Å²) in [4.78, 5) is 11.0. The third kappa shape index (κ3) is 3.34. The number of aromatic nitrogens is 2. The van der Waals surface area contributed by atoms with Crippen molar-refractivity contribution in [1.82, 2.24) is 10.3 Å². The minimum absolute atomic E-state index is 0.353. The molecule has 1 unspecified atom stereocenters. The Morgan fingerprint density at radius 2 is 2.13 bits per heavy atom. The number of rotatable bonds is 5. The van der Waals surface area contributed by atoms with E-state index in [1.165, 1.54) is 0 Å². The molecule has 1 atom stereocenters. The maximum atomic E-state index is 11.0. The van der Waals surface area contributed by atoms with Crippen LogP contribution in [0.25, 0.3) is 0 Å². The van der Waals surface area contributed by atoms with Crippen LogP contribution in [-0.4, -0.2) is 21.4 Å². The summed E-state index contributed by atoms with van der Waals surface area (Å²) in [5.41, 5.74) is 1.31. The minimum Gasteiger partial charge on any atom is -0.481 e. The van der Waals surface area contributed by atoms with E-state index in [1.807, 2.05) is 13.8 Å². The van der Waals surface area contributed by atoms with Crippen molar-refractivity contribution in [3.63, 3.8) is 0 Å². The number of aryl methyl sites for hydroxylation is 1. The van der Waals surface area contributed by atoms with Gasteiger partial charge in [-0.3, -0.25) is 4.79 Å². The van der Waals surface area contributed by atoms with E-state index in [9.17, 15) is 4.79 Å². The smallest absolute Gasteiger partial charge is 0.306 e. The van der Waals surface area contributed by atoms with Crippen LogP contribution in [-0.2, 0) is 11.2 Å². The van der Waals surface area contributed by atoms with Gasteiger partial charge in [-0.05, 0) is 19.3 Å². The maximum Gasteiger partial charge on any atom is 0.306 e. The summed E-state index contributed by atoms with van der Waals surface area (Å²) in [6.45, 7) is 5.77. The zero-order valence-corrected chi connectivity index (χ0v) is 9.23. The average molecular weight is 212 g/mol. The first-order valence-electron chi connectivity index (χ1n) is 5.01. The largest absolute Gasteiger partial charge is 0.481 e. The lowest BCUT2D eigenvalue weighted by molar-refractivity contribution is -0.142. The van der Waals surface area contributed by atoms with Gasteiger partial charge in [0.1, 0.15) is 11.4 Å². The normalized spacial score (nSPS) is 13.1. The first kappa shape index (κ1) is 11.7. The van der Waals surface area contributed by atoms with Gasteiger partial charge in [0.15, 0.2) is 0 Å². The number of carbonyl (C=O) groups is 1. The van der Waals surface area contributed by atoms with Crippen molar-refractivity contribution in [3.8, 4) is 0 Å². The minimum atomic E-state index is -0.786. The molecule has 0 aliphatic carbocycles. The van der Waals surface area contributed by atoms with Crippen LogP contribution in [0.5, 0.6) is 0 Å². The van der Waals surface area contributed by atoms with Crippen LogP contribution < -0.4 is 0 Å². The van der Waals surface area contributed by atoms with Gasteiger partial charge in [0.05, 0.1) is 5.92 Å². The Bertz CT molecular complexity index is 333. The van der Waals surface area contributed by atoms with E-state index in [-0.39, 0.29) is 0 Å². The van der Waals surface area contributed by atoms with Gasteiger partial charge in [0.2, 0.25) is 0 Å². The Kier molecular flexibility index (Phi) is 3.82. The maximum absolute atomic E-state index is 11.0. The average Bonchev–Trinajstić information content (AvgIpc) is 2.50. The van der Waals surface area contributed by atoms with Crippen LogP contribution in [0.4, 0.5) is 0 Å². The Balaban J connectivity index is 2.67. The molecule has 15 heavy (non-hydrogen) atoms. The Morgan fingerprint density at radius 1 is 1.47 bits per heavy atom. The first-order chi connectivity index (χ1) is 7.00. The summed E-state index contributed by atoms with van der Waals surface area (Å²) in [6.07, 6.45) is 1.03. The van der Waals surface area contributed by atoms with E-state index in [1.54, 1.807) is 6.92 Å². The molecule has 0 spiro atoms. The molecule has 0 saturated heterocycles. The van der Waals surface area contributed by atoms with Crippen molar-refractivity contribution in [3.05, 3.63) is 11.4 Å². The molecule has 1 heterocycles. The van der Waals surface area contributed by atoms with E-state index >= 15 is 0 Å². The van der Waals surface area contributed by atoms with Crippen molar-refractivity contribution in [2.45, 2.75) is 33.6 Å². The van der Waals surface area contributed by atoms with Crippen molar-refractivity contribution in [2.24, 2.45) is 11.8 Å². The molecule has 0 radical (unpaired) electrons. The number of carboxylic acid groups (broad SMARTS) is 1. The second kappa shape index (κ2) is 4.91. The third-order valence-corrected chi connectivity index (χ3v) is 2.29. The highest BCUT2D eigenvalue weighted by Crippen LogP contribution is 2.17. The molecule has 1 aromatic rings. The fourth-order valence-corrected chi connectivity index (χ4v) is 1.51. The van der Waals surface area contributed by atoms with Crippen LogP contribution in [0.15, 0.2) is 4.63 Å². The summed E-state index contributed by atoms with van der Waals surface area (Å²) in [6, 6.07) is 0. The second-order valence-electron chi connectivity index (χ2n) is 4.17. The molecule has 0 bridgehead atoms. The Labute approximate surface area is 88.4 Å². The van der Waals surface area contributed by atoms with E-state index in [4.69, 9.17) is 5.11 Å². The number of aliphatic carboxylic acids is 1. The lowest BCUT2D eigenvalue weighted by atomic mass is 9.92. The quantitative estimate of drug-likeness (QED) is 0.803. The van der Waals surface area contributed by atoms with E-state index in [0.717, 1.165) is 0 Å². The highest BCUT2D eigenvalue weighted by molar-refractivity contribution is 5.70. The molecule has 1 rings (SSSR count). The van der Waals surface area contributed by atoms with Gasteiger partial charge in [-0.25, -0.2) is 4.63 Å². The molecule has 5 heteroatoms. The number of carboxylic acids is 1. The van der Waals surface area contributed by atoms with Gasteiger partial charge in [-0.1, -0.05) is 24.2 Å². The molecule has 1 aromatic heterocycles. The van der Waals surface area contributed by atoms with Gasteiger partial charge >= 0.3 is 5.97 Å². The molecule has 0 aliphatic rings. The molecule has 5 nitrogen and oxygen atoms in total. The van der Waals surface area contributed by atoms with Crippen molar-refractivity contribution in [1.29, 1.82) is 0 Å². The SMILES string of the molecule is Cc1nonc1CC(CC(C)C)C(=O)O. The third-order valence-electron chi connectivity index (χ3n) is 2.29. The van der Waals surface area contributed by atoms with E-state index < -0.39 is 11.9 Å². The van der Waals surface area contributed by atoms with Crippen LogP contribution in [0.2, 0.25) is 0 Å². The Hall–Kier alpha value is -1.39. The van der Waals surface area contributed by atoms with Gasteiger partial charge in [-0.15, -0.1) is 0 Å². The molecular weight excluding hydrogens is 196 g/mol. The molecule has 1 N–H and O–H groups in total. The highest BCUT2D eigenvalue weighted by atomic mass is 16.6. The lowest BCUT2D eigenvalue weighted by Crippen LogP contribution is -2.19. The van der Waals surface area contributed by atoms with Crippen LogP contribution >= 0.6 is 0 Å². The topological polar surface area (TPSA) is 76.2 Å². The Morgan fingerprint density at radius 3 is 2.53 bits per heavy atom.